The van der Waals surface area contributed by atoms with Crippen LogP contribution in [0.15, 0.2) is 170 Å². The summed E-state index contributed by atoms with van der Waals surface area (Å²) in [5.74, 6) is 0.666. The van der Waals surface area contributed by atoms with Crippen molar-refractivity contribution in [2.45, 2.75) is 211 Å². The third kappa shape index (κ3) is 16.3. The van der Waals surface area contributed by atoms with Crippen LogP contribution in [-0.4, -0.2) is 0 Å². The van der Waals surface area contributed by atoms with E-state index in [-0.39, 0.29) is 16.2 Å². The highest BCUT2D eigenvalue weighted by molar-refractivity contribution is 5.90. The molecule has 0 bridgehead atoms. The Morgan fingerprint density at radius 2 is 0.631 bits per heavy atom. The summed E-state index contributed by atoms with van der Waals surface area (Å²) in [6.07, 6.45) is 17.8. The molecular weight excluding hydrogens is 1340 g/mol. The van der Waals surface area contributed by atoms with Gasteiger partial charge in [0.1, 0.15) is 28.2 Å². The predicted molar refractivity (Wildman–Crippen MR) is 470 cm³/mol. The van der Waals surface area contributed by atoms with Gasteiger partial charge in [-0.2, -0.15) is 0 Å². The van der Waals surface area contributed by atoms with E-state index in [4.69, 9.17) is 0 Å². The fraction of sp³-hybridized carbons (Fsp3) is 0.364. The minimum absolute atomic E-state index is 0.280. The number of fused-ring (bicyclic) bond motifs is 12. The van der Waals surface area contributed by atoms with Gasteiger partial charge in [0.2, 0.25) is 22.8 Å². The van der Waals surface area contributed by atoms with E-state index >= 15 is 0 Å². The summed E-state index contributed by atoms with van der Waals surface area (Å²) in [7, 11) is 8.76. The largest absolute Gasteiger partial charge is 0.213 e. The maximum absolute atomic E-state index is 2.45. The molecule has 0 radical (unpaired) electrons. The molecule has 0 amide bonds. The molecule has 0 N–H and O–H groups in total. The smallest absolute Gasteiger partial charge is 0.201 e. The Kier molecular flexibility index (Phi) is 22.0. The van der Waals surface area contributed by atoms with E-state index < -0.39 is 0 Å². The Morgan fingerprint density at radius 1 is 0.270 bits per heavy atom. The number of rotatable bonds is 9. The molecule has 4 heterocycles. The molecule has 12 aromatic rings. The molecule has 16 rings (SSSR count). The minimum Gasteiger partial charge on any atom is -0.201 e. The zero-order valence-electron chi connectivity index (χ0n) is 72.7. The molecule has 0 saturated heterocycles. The van der Waals surface area contributed by atoms with Crippen LogP contribution in [0, 0.1) is 105 Å². The van der Waals surface area contributed by atoms with Crippen molar-refractivity contribution in [1.82, 2.24) is 0 Å². The van der Waals surface area contributed by atoms with Crippen molar-refractivity contribution < 1.29 is 18.3 Å². The van der Waals surface area contributed by atoms with E-state index in [1.165, 1.54) is 223 Å². The highest BCUT2D eigenvalue weighted by Crippen LogP contribution is 2.49. The number of hydrogen-bond acceptors (Lipinski definition) is 0. The number of hydrogen-bond donors (Lipinski definition) is 0. The van der Waals surface area contributed by atoms with Crippen LogP contribution in [0.2, 0.25) is 0 Å². The summed E-state index contributed by atoms with van der Waals surface area (Å²) in [4.78, 5) is 0. The molecule has 4 aliphatic rings. The summed E-state index contributed by atoms with van der Waals surface area (Å²) < 4.78 is 9.28. The first-order chi connectivity index (χ1) is 52.3. The fourth-order valence-electron chi connectivity index (χ4n) is 19.1. The molecule has 0 fully saturated rings. The van der Waals surface area contributed by atoms with Gasteiger partial charge in [0.05, 0.1) is 22.3 Å². The van der Waals surface area contributed by atoms with Crippen molar-refractivity contribution in [3.8, 4) is 89.5 Å². The normalized spacial score (nSPS) is 12.7. The van der Waals surface area contributed by atoms with Gasteiger partial charge in [0, 0.05) is 46.5 Å². The standard InChI is InChI=1S/3C27H32N.C26H30N/c1-17-8-10-20-13-24-22(23(20)12-17)11-9-18(2)26(24)25-14-21(15-27(4,5)6)19(3)16-28(25)7;1-17-9-8-10-20-13-23-22(25(17)20)12-11-18(2)26(23)24-14-21(15-27(4,5)6)19(3)16-28(24)7;1-17-12-18(2)26(23-13-20-10-8-9-11-22(20)25(17)23)24-14-21(15-27(4,5)6)19(3)16-28(24)7;1-16(2)12-20-13-25(27(6)15-19(20)5)26-18(4)10-11-22-21-9-7-8-17(3)23(21)14-24(22)26/h3*8-12,14,16H,13,15H2,1-7H3;7-11,13,15-16H,12,14H2,1-6H3/q4*+1. The Bertz CT molecular complexity index is 5680. The Balaban J connectivity index is 0.000000130. The zero-order valence-corrected chi connectivity index (χ0v) is 72.7. The molecule has 4 aliphatic carbocycles. The van der Waals surface area contributed by atoms with Crippen molar-refractivity contribution in [2.24, 2.45) is 50.4 Å². The van der Waals surface area contributed by atoms with Gasteiger partial charge in [-0.3, -0.25) is 0 Å². The van der Waals surface area contributed by atoms with Gasteiger partial charge in [0.25, 0.3) is 0 Å². The van der Waals surface area contributed by atoms with Crippen molar-refractivity contribution in [3.05, 3.63) is 304 Å². The maximum atomic E-state index is 2.45. The second kappa shape index (κ2) is 30.8. The molecule has 0 unspecified atom stereocenters. The molecule has 4 aromatic heterocycles. The molecule has 4 nitrogen and oxygen atoms in total. The van der Waals surface area contributed by atoms with Crippen LogP contribution in [0.3, 0.4) is 0 Å². The molecule has 8 aromatic carbocycles. The lowest BCUT2D eigenvalue weighted by Gasteiger charge is -2.20. The average Bonchev–Trinajstić information content (AvgIpc) is 1.60. The van der Waals surface area contributed by atoms with Crippen LogP contribution >= 0.6 is 0 Å². The number of aryl methyl sites for hydroxylation is 16. The van der Waals surface area contributed by atoms with E-state index in [1.807, 2.05) is 0 Å². The lowest BCUT2D eigenvalue weighted by Crippen LogP contribution is -2.32. The number of aromatic nitrogens is 4. The van der Waals surface area contributed by atoms with Gasteiger partial charge in [0.15, 0.2) is 24.8 Å². The monoisotopic (exact) mass is 1470 g/mol. The van der Waals surface area contributed by atoms with Gasteiger partial charge >= 0.3 is 0 Å². The van der Waals surface area contributed by atoms with Crippen molar-refractivity contribution >= 4 is 0 Å². The summed E-state index contributed by atoms with van der Waals surface area (Å²) in [5, 5.41) is 0. The Morgan fingerprint density at radius 3 is 1.14 bits per heavy atom. The lowest BCUT2D eigenvalue weighted by molar-refractivity contribution is -0.661. The number of benzene rings is 8. The van der Waals surface area contributed by atoms with Crippen LogP contribution in [0.1, 0.15) is 210 Å². The van der Waals surface area contributed by atoms with Crippen molar-refractivity contribution in [2.75, 3.05) is 0 Å². The molecule has 4 heteroatoms. The zero-order chi connectivity index (χ0) is 79.9. The lowest BCUT2D eigenvalue weighted by atomic mass is 9.85. The van der Waals surface area contributed by atoms with Gasteiger partial charge in [-0.15, -0.1) is 0 Å². The Labute approximate surface area is 668 Å². The van der Waals surface area contributed by atoms with Crippen LogP contribution in [0.25, 0.3) is 89.5 Å². The number of pyridine rings is 4. The molecule has 0 aliphatic heterocycles. The first kappa shape index (κ1) is 79.4. The highest BCUT2D eigenvalue weighted by Gasteiger charge is 2.34. The average molecular weight is 1470 g/mol. The molecule has 111 heavy (non-hydrogen) atoms. The summed E-state index contributed by atoms with van der Waals surface area (Å²) in [6, 6.07) is 55.3. The molecule has 0 saturated carbocycles. The third-order valence-electron chi connectivity index (χ3n) is 24.2. The minimum atomic E-state index is 0.280. The molecule has 570 valence electrons. The quantitative estimate of drug-likeness (QED) is 0.128. The van der Waals surface area contributed by atoms with Gasteiger partial charge in [-0.1, -0.05) is 203 Å². The van der Waals surface area contributed by atoms with Crippen molar-refractivity contribution in [3.63, 3.8) is 0 Å². The molecular formula is C107H126N4+4. The van der Waals surface area contributed by atoms with Crippen LogP contribution in [0.5, 0.6) is 0 Å². The van der Waals surface area contributed by atoms with Crippen LogP contribution in [0.4, 0.5) is 0 Å². The van der Waals surface area contributed by atoms with E-state index in [9.17, 15) is 0 Å². The van der Waals surface area contributed by atoms with Gasteiger partial charge in [-0.25, -0.2) is 18.3 Å². The first-order valence-corrected chi connectivity index (χ1v) is 41.2. The summed E-state index contributed by atoms with van der Waals surface area (Å²) in [5.41, 5.74) is 57.5. The van der Waals surface area contributed by atoms with E-state index in [0.29, 0.717) is 5.92 Å². The maximum Gasteiger partial charge on any atom is 0.213 e. The molecule has 0 spiro atoms. The van der Waals surface area contributed by atoms with E-state index in [2.05, 4.69) is 376 Å². The van der Waals surface area contributed by atoms with Gasteiger partial charge < -0.3 is 0 Å². The van der Waals surface area contributed by atoms with Crippen LogP contribution < -0.4 is 18.3 Å². The van der Waals surface area contributed by atoms with E-state index in [1.54, 1.807) is 0 Å². The van der Waals surface area contributed by atoms with Gasteiger partial charge in [-0.05, 0) is 307 Å². The van der Waals surface area contributed by atoms with Crippen LogP contribution in [-0.2, 0) is 79.6 Å². The third-order valence-corrected chi connectivity index (χ3v) is 24.2. The first-order valence-electron chi connectivity index (χ1n) is 41.2. The molecule has 0 atom stereocenters. The van der Waals surface area contributed by atoms with E-state index in [0.717, 1.165) is 51.4 Å². The summed E-state index contributed by atoms with van der Waals surface area (Å²) >= 11 is 0. The topological polar surface area (TPSA) is 15.5 Å². The predicted octanol–water partition coefficient (Wildman–Crippen LogP) is 24.7. The number of nitrogens with zero attached hydrogens (tertiary/aromatic N) is 4. The Hall–Kier alpha value is -9.64. The second-order valence-corrected chi connectivity index (χ2v) is 38.0. The van der Waals surface area contributed by atoms with Crippen molar-refractivity contribution in [1.29, 1.82) is 0 Å². The highest BCUT2D eigenvalue weighted by atomic mass is 14.9. The second-order valence-electron chi connectivity index (χ2n) is 38.0. The SMILES string of the molecule is Cc1c[n+](C)c(-c2c(C)cc(C)c3c2Cc2ccccc2-3)cc1CC(C)(C)C.Cc1c[n+](C)c(-c2c(C)ccc3c2Cc2c(C)cccc2-3)cc1CC(C)C.Cc1c[n+](C)c(-c2c(C)ccc3c2Cc2cccc(C)c2-3)cc1CC(C)(C)C.Cc1ccc2c(c1)-c1ccc(C)c(-c3cc(CC(C)(C)C)c(C)c[n+]3C)c1C2. The fourth-order valence-corrected chi connectivity index (χ4v) is 19.1. The summed E-state index contributed by atoms with van der Waals surface area (Å²) in [6.45, 7) is 52.5.